The quantitative estimate of drug-likeness (QED) is 0.888. The second kappa shape index (κ2) is 5.51. The number of halogens is 1. The number of aromatic amines is 1. The van der Waals surface area contributed by atoms with Crippen LogP contribution in [0, 0.1) is 0 Å². The first-order chi connectivity index (χ1) is 8.66. The topological polar surface area (TPSA) is 62.0 Å². The van der Waals surface area contributed by atoms with Crippen molar-refractivity contribution in [3.63, 3.8) is 0 Å². The van der Waals surface area contributed by atoms with Crippen LogP contribution in [0.5, 0.6) is 0 Å². The lowest BCUT2D eigenvalue weighted by Crippen LogP contribution is -2.23. The molecule has 0 saturated carbocycles. The van der Waals surface area contributed by atoms with Gasteiger partial charge in [0.1, 0.15) is 5.02 Å². The summed E-state index contributed by atoms with van der Waals surface area (Å²) in [6.45, 7) is 0.427. The molecule has 0 bridgehead atoms. The Morgan fingerprint density at radius 1 is 1.28 bits per heavy atom. The largest absolute Gasteiger partial charge is 0.348 e. The van der Waals surface area contributed by atoms with Gasteiger partial charge in [-0.2, -0.15) is 0 Å². The van der Waals surface area contributed by atoms with Crippen molar-refractivity contribution in [3.8, 4) is 0 Å². The van der Waals surface area contributed by atoms with Gasteiger partial charge in [0.15, 0.2) is 0 Å². The third-order valence-electron chi connectivity index (χ3n) is 2.42. The van der Waals surface area contributed by atoms with E-state index < -0.39 is 5.56 Å². The molecule has 2 N–H and O–H groups in total. The molecular weight excluding hydrogens is 252 g/mol. The molecule has 1 amide bonds. The minimum absolute atomic E-state index is 0.00219. The molecule has 18 heavy (non-hydrogen) atoms. The van der Waals surface area contributed by atoms with Gasteiger partial charge in [-0.1, -0.05) is 41.9 Å². The van der Waals surface area contributed by atoms with Crippen molar-refractivity contribution in [1.82, 2.24) is 10.3 Å². The number of carbonyl (C=O) groups excluding carboxylic acids is 1. The Bertz CT molecular complexity index is 608. The molecule has 1 heterocycles. The number of hydrogen-bond acceptors (Lipinski definition) is 2. The van der Waals surface area contributed by atoms with Crippen LogP contribution in [-0.2, 0) is 6.54 Å². The number of nitrogens with one attached hydrogen (secondary N) is 2. The summed E-state index contributed by atoms with van der Waals surface area (Å²) in [6.07, 6.45) is 1.34. The van der Waals surface area contributed by atoms with Gasteiger partial charge in [-0.05, 0) is 11.6 Å². The van der Waals surface area contributed by atoms with Gasteiger partial charge in [-0.25, -0.2) is 0 Å². The fourth-order valence-electron chi connectivity index (χ4n) is 1.47. The summed E-state index contributed by atoms with van der Waals surface area (Å²) in [5.74, 6) is -0.281. The van der Waals surface area contributed by atoms with Crippen molar-refractivity contribution in [3.05, 3.63) is 69.1 Å². The van der Waals surface area contributed by atoms with Crippen LogP contribution in [0.25, 0.3) is 0 Å². The van der Waals surface area contributed by atoms with E-state index in [0.29, 0.717) is 12.1 Å². The van der Waals surface area contributed by atoms with Crippen molar-refractivity contribution < 1.29 is 4.79 Å². The number of carbonyl (C=O) groups is 1. The molecule has 5 heteroatoms. The van der Waals surface area contributed by atoms with E-state index in [0.717, 1.165) is 5.56 Å². The van der Waals surface area contributed by atoms with Crippen molar-refractivity contribution in [2.24, 2.45) is 0 Å². The molecule has 0 aliphatic heterocycles. The molecule has 0 atom stereocenters. The first kappa shape index (κ1) is 12.4. The first-order valence-electron chi connectivity index (χ1n) is 5.37. The molecule has 0 aliphatic carbocycles. The fraction of sp³-hybridized carbons (Fsp3) is 0.0769. The average Bonchev–Trinajstić information content (AvgIpc) is 2.40. The van der Waals surface area contributed by atoms with Gasteiger partial charge < -0.3 is 10.3 Å². The second-order valence-corrected chi connectivity index (χ2v) is 4.14. The van der Waals surface area contributed by atoms with E-state index in [1.54, 1.807) is 0 Å². The lowest BCUT2D eigenvalue weighted by molar-refractivity contribution is 0.0950. The van der Waals surface area contributed by atoms with Crippen LogP contribution in [0.15, 0.2) is 47.4 Å². The van der Waals surface area contributed by atoms with Crippen molar-refractivity contribution in [2.45, 2.75) is 6.54 Å². The minimum atomic E-state index is -0.406. The molecule has 0 fully saturated rings. The average molecular weight is 263 g/mol. The standard InChI is InChI=1S/C13H11ClN2O2/c14-11-6-10(8-16-13(11)18)12(17)15-7-9-4-2-1-3-5-9/h1-6,8H,7H2,(H,15,17)(H,16,18). The molecule has 0 saturated heterocycles. The number of amides is 1. The summed E-state index contributed by atoms with van der Waals surface area (Å²) in [5, 5.41) is 2.74. The highest BCUT2D eigenvalue weighted by Crippen LogP contribution is 2.04. The molecule has 4 nitrogen and oxygen atoms in total. The molecule has 2 aromatic rings. The van der Waals surface area contributed by atoms with Crippen LogP contribution >= 0.6 is 11.6 Å². The summed E-state index contributed by atoms with van der Waals surface area (Å²) in [5.41, 5.74) is 0.924. The smallest absolute Gasteiger partial charge is 0.266 e. The first-order valence-corrected chi connectivity index (χ1v) is 5.75. The van der Waals surface area contributed by atoms with E-state index in [1.165, 1.54) is 12.3 Å². The number of hydrogen-bond donors (Lipinski definition) is 2. The maximum absolute atomic E-state index is 11.8. The van der Waals surface area contributed by atoms with Crippen molar-refractivity contribution in [1.29, 1.82) is 0 Å². The van der Waals surface area contributed by atoms with Crippen molar-refractivity contribution in [2.75, 3.05) is 0 Å². The molecule has 0 radical (unpaired) electrons. The second-order valence-electron chi connectivity index (χ2n) is 3.73. The molecule has 2 rings (SSSR count). The van der Waals surface area contributed by atoms with Gasteiger partial charge in [0.25, 0.3) is 11.5 Å². The lowest BCUT2D eigenvalue weighted by atomic mass is 10.2. The third-order valence-corrected chi connectivity index (χ3v) is 2.70. The zero-order valence-electron chi connectivity index (χ0n) is 9.44. The Morgan fingerprint density at radius 3 is 2.67 bits per heavy atom. The van der Waals surface area contributed by atoms with Crippen LogP contribution in [0.1, 0.15) is 15.9 Å². The molecule has 0 spiro atoms. The molecule has 92 valence electrons. The van der Waals surface area contributed by atoms with Crippen molar-refractivity contribution >= 4 is 17.5 Å². The van der Waals surface area contributed by atoms with Gasteiger partial charge >= 0.3 is 0 Å². The van der Waals surface area contributed by atoms with E-state index >= 15 is 0 Å². The van der Waals surface area contributed by atoms with Gasteiger partial charge in [0.05, 0.1) is 5.56 Å². The Labute approximate surface area is 109 Å². The predicted octanol–water partition coefficient (Wildman–Crippen LogP) is 1.96. The fourth-order valence-corrected chi connectivity index (χ4v) is 1.64. The van der Waals surface area contributed by atoms with Crippen LogP contribution in [0.3, 0.4) is 0 Å². The summed E-state index contributed by atoms with van der Waals surface area (Å²) in [7, 11) is 0. The van der Waals surface area contributed by atoms with Gasteiger partial charge in [0.2, 0.25) is 0 Å². The number of benzene rings is 1. The van der Waals surface area contributed by atoms with Crippen LogP contribution < -0.4 is 10.9 Å². The Morgan fingerprint density at radius 2 is 2.00 bits per heavy atom. The number of rotatable bonds is 3. The molecule has 0 aliphatic rings. The predicted molar refractivity (Wildman–Crippen MR) is 69.7 cm³/mol. The van der Waals surface area contributed by atoms with Gasteiger partial charge in [0, 0.05) is 12.7 Å². The summed E-state index contributed by atoms with van der Waals surface area (Å²) in [6, 6.07) is 10.9. The maximum atomic E-state index is 11.8. The van der Waals surface area contributed by atoms with Gasteiger partial charge in [-0.3, -0.25) is 9.59 Å². The minimum Gasteiger partial charge on any atom is -0.348 e. The van der Waals surface area contributed by atoms with Crippen LogP contribution in [-0.4, -0.2) is 10.9 Å². The number of H-pyrrole nitrogens is 1. The van der Waals surface area contributed by atoms with Crippen LogP contribution in [0.4, 0.5) is 0 Å². The SMILES string of the molecule is O=C(NCc1ccccc1)c1c[nH]c(=O)c(Cl)c1. The normalized spacial score (nSPS) is 10.1. The third kappa shape index (κ3) is 2.99. The number of aromatic nitrogens is 1. The lowest BCUT2D eigenvalue weighted by Gasteiger charge is -2.05. The monoisotopic (exact) mass is 262 g/mol. The van der Waals surface area contributed by atoms with Gasteiger partial charge in [-0.15, -0.1) is 0 Å². The highest BCUT2D eigenvalue weighted by atomic mass is 35.5. The Balaban J connectivity index is 2.04. The highest BCUT2D eigenvalue weighted by molar-refractivity contribution is 6.30. The number of pyridine rings is 1. The molecular formula is C13H11ClN2O2. The Hall–Kier alpha value is -2.07. The Kier molecular flexibility index (Phi) is 3.79. The highest BCUT2D eigenvalue weighted by Gasteiger charge is 2.07. The van der Waals surface area contributed by atoms with Crippen LogP contribution in [0.2, 0.25) is 5.02 Å². The van der Waals surface area contributed by atoms with E-state index in [-0.39, 0.29) is 10.9 Å². The summed E-state index contributed by atoms with van der Waals surface area (Å²) in [4.78, 5) is 25.2. The zero-order chi connectivity index (χ0) is 13.0. The maximum Gasteiger partial charge on any atom is 0.266 e. The summed E-state index contributed by atoms with van der Waals surface area (Å²) >= 11 is 5.65. The van der Waals surface area contributed by atoms with E-state index in [9.17, 15) is 9.59 Å². The molecule has 0 unspecified atom stereocenters. The van der Waals surface area contributed by atoms with E-state index in [1.807, 2.05) is 30.3 Å². The van der Waals surface area contributed by atoms with E-state index in [4.69, 9.17) is 11.6 Å². The summed E-state index contributed by atoms with van der Waals surface area (Å²) < 4.78 is 0. The van der Waals surface area contributed by atoms with E-state index in [2.05, 4.69) is 10.3 Å². The molecule has 1 aromatic carbocycles. The zero-order valence-corrected chi connectivity index (χ0v) is 10.2. The molecule has 1 aromatic heterocycles.